The van der Waals surface area contributed by atoms with Gasteiger partial charge in [0, 0.05) is 30.3 Å². The molecule has 0 aromatic carbocycles. The second-order valence-electron chi connectivity index (χ2n) is 4.62. The van der Waals surface area contributed by atoms with Crippen LogP contribution >= 0.6 is 11.6 Å². The van der Waals surface area contributed by atoms with Crippen molar-refractivity contribution in [2.24, 2.45) is 0 Å². The number of hydrogen-bond acceptors (Lipinski definition) is 4. The molecule has 0 bridgehead atoms. The van der Waals surface area contributed by atoms with Crippen LogP contribution in [0.25, 0.3) is 0 Å². The summed E-state index contributed by atoms with van der Waals surface area (Å²) >= 11 is 6.06. The number of nitrogens with zero attached hydrogens (tertiary/aromatic N) is 2. The fourth-order valence-corrected chi connectivity index (χ4v) is 1.97. The van der Waals surface area contributed by atoms with Crippen LogP contribution in [0.4, 0.5) is 11.5 Å². The predicted molar refractivity (Wildman–Crippen MR) is 85.0 cm³/mol. The molecule has 6 heteroatoms. The second-order valence-corrected chi connectivity index (χ2v) is 5.02. The van der Waals surface area contributed by atoms with Crippen molar-refractivity contribution < 1.29 is 4.79 Å². The highest BCUT2D eigenvalue weighted by Crippen LogP contribution is 2.20. The Morgan fingerprint density at radius 2 is 2.14 bits per heavy atom. The van der Waals surface area contributed by atoms with Gasteiger partial charge < -0.3 is 10.6 Å². The molecule has 0 spiro atoms. The van der Waals surface area contributed by atoms with Gasteiger partial charge in [0.05, 0.1) is 10.6 Å². The topological polar surface area (TPSA) is 66.9 Å². The van der Waals surface area contributed by atoms with Crippen molar-refractivity contribution in [2.45, 2.75) is 20.3 Å². The summed E-state index contributed by atoms with van der Waals surface area (Å²) in [5, 5.41) is 6.25. The van der Waals surface area contributed by atoms with E-state index in [1.807, 2.05) is 6.92 Å². The zero-order chi connectivity index (χ0) is 15.2. The van der Waals surface area contributed by atoms with Gasteiger partial charge in [0.15, 0.2) is 0 Å². The van der Waals surface area contributed by atoms with Crippen LogP contribution in [0.2, 0.25) is 5.02 Å². The molecular formula is C15H17ClN4O. The summed E-state index contributed by atoms with van der Waals surface area (Å²) in [7, 11) is 0. The summed E-state index contributed by atoms with van der Waals surface area (Å²) in [5.74, 6) is 0.366. The summed E-state index contributed by atoms with van der Waals surface area (Å²) < 4.78 is 0. The van der Waals surface area contributed by atoms with E-state index in [0.717, 1.165) is 18.7 Å². The monoisotopic (exact) mass is 304 g/mol. The number of nitrogens with one attached hydrogen (secondary N) is 2. The van der Waals surface area contributed by atoms with Crippen LogP contribution in [0.15, 0.2) is 30.6 Å². The molecule has 1 amide bonds. The molecule has 2 N–H and O–H groups in total. The van der Waals surface area contributed by atoms with E-state index < -0.39 is 0 Å². The van der Waals surface area contributed by atoms with E-state index in [1.54, 1.807) is 24.4 Å². The lowest BCUT2D eigenvalue weighted by atomic mass is 10.2. The number of pyridine rings is 2. The Kier molecular flexibility index (Phi) is 5.11. The fraction of sp³-hybridized carbons (Fsp3) is 0.267. The first-order chi connectivity index (χ1) is 10.1. The summed E-state index contributed by atoms with van der Waals surface area (Å²) in [6.07, 6.45) is 4.10. The molecule has 2 aromatic rings. The first-order valence-corrected chi connectivity index (χ1v) is 7.11. The Labute approximate surface area is 128 Å². The Bertz CT molecular complexity index is 645. The van der Waals surface area contributed by atoms with Gasteiger partial charge in [-0.3, -0.25) is 9.78 Å². The van der Waals surface area contributed by atoms with E-state index in [9.17, 15) is 4.79 Å². The Balaban J connectivity index is 2.18. The number of carbonyl (C=O) groups excluding carboxylic acids is 1. The molecule has 0 aliphatic rings. The molecule has 5 nitrogen and oxygen atoms in total. The highest BCUT2D eigenvalue weighted by molar-refractivity contribution is 6.34. The quantitative estimate of drug-likeness (QED) is 0.887. The number of anilines is 2. The smallest absolute Gasteiger partial charge is 0.257 e. The molecule has 2 aromatic heterocycles. The molecule has 21 heavy (non-hydrogen) atoms. The highest BCUT2D eigenvalue weighted by Gasteiger charge is 2.12. The maximum atomic E-state index is 12.3. The van der Waals surface area contributed by atoms with Crippen LogP contribution in [-0.2, 0) is 0 Å². The van der Waals surface area contributed by atoms with Crippen molar-refractivity contribution in [3.63, 3.8) is 0 Å². The molecule has 0 atom stereocenters. The maximum Gasteiger partial charge on any atom is 0.257 e. The number of carbonyl (C=O) groups is 1. The minimum atomic E-state index is -0.271. The van der Waals surface area contributed by atoms with Crippen LogP contribution < -0.4 is 10.6 Å². The van der Waals surface area contributed by atoms with Gasteiger partial charge in [-0.05, 0) is 31.5 Å². The number of aryl methyl sites for hydroxylation is 1. The van der Waals surface area contributed by atoms with E-state index >= 15 is 0 Å². The predicted octanol–water partition coefficient (Wildman–Crippen LogP) is 3.51. The van der Waals surface area contributed by atoms with Crippen LogP contribution in [0.1, 0.15) is 29.4 Å². The molecule has 0 radical (unpaired) electrons. The molecular weight excluding hydrogens is 288 g/mol. The Morgan fingerprint density at radius 1 is 1.33 bits per heavy atom. The zero-order valence-electron chi connectivity index (χ0n) is 12.0. The van der Waals surface area contributed by atoms with Crippen molar-refractivity contribution in [2.75, 3.05) is 17.2 Å². The van der Waals surface area contributed by atoms with E-state index in [0.29, 0.717) is 22.1 Å². The summed E-state index contributed by atoms with van der Waals surface area (Å²) in [6.45, 7) is 4.71. The first kappa shape index (κ1) is 15.3. The average molecular weight is 305 g/mol. The summed E-state index contributed by atoms with van der Waals surface area (Å²) in [5.41, 5.74) is 1.90. The lowest BCUT2D eigenvalue weighted by Crippen LogP contribution is -2.14. The van der Waals surface area contributed by atoms with Crippen molar-refractivity contribution in [3.05, 3.63) is 46.9 Å². The van der Waals surface area contributed by atoms with Gasteiger partial charge in [-0.25, -0.2) is 4.98 Å². The van der Waals surface area contributed by atoms with E-state index in [2.05, 4.69) is 27.5 Å². The minimum Gasteiger partial charge on any atom is -0.370 e. The van der Waals surface area contributed by atoms with Crippen molar-refractivity contribution in [3.8, 4) is 0 Å². The minimum absolute atomic E-state index is 0.271. The summed E-state index contributed by atoms with van der Waals surface area (Å²) in [4.78, 5) is 20.5. The lowest BCUT2D eigenvalue weighted by molar-refractivity contribution is 0.102. The van der Waals surface area contributed by atoms with Gasteiger partial charge in [-0.2, -0.15) is 0 Å². The third-order valence-corrected chi connectivity index (χ3v) is 3.11. The molecule has 0 saturated heterocycles. The molecule has 0 unspecified atom stereocenters. The summed E-state index contributed by atoms with van der Waals surface area (Å²) in [6, 6.07) is 5.18. The molecule has 110 valence electrons. The van der Waals surface area contributed by atoms with Gasteiger partial charge in [-0.15, -0.1) is 0 Å². The molecule has 0 saturated carbocycles. The highest BCUT2D eigenvalue weighted by atomic mass is 35.5. The number of rotatable bonds is 5. The number of aromatic nitrogens is 2. The molecule has 2 rings (SSSR count). The maximum absolute atomic E-state index is 12.3. The third-order valence-electron chi connectivity index (χ3n) is 2.81. The molecule has 0 fully saturated rings. The normalized spacial score (nSPS) is 10.2. The Morgan fingerprint density at radius 3 is 2.86 bits per heavy atom. The SMILES string of the molecule is CCCNc1cc(C(=O)Nc2ccnc(C)c2)c(Cl)cn1. The van der Waals surface area contributed by atoms with E-state index in [4.69, 9.17) is 11.6 Å². The fourth-order valence-electron chi connectivity index (χ4n) is 1.78. The largest absolute Gasteiger partial charge is 0.370 e. The van der Waals surface area contributed by atoms with Gasteiger partial charge in [0.2, 0.25) is 0 Å². The molecule has 2 heterocycles. The Hall–Kier alpha value is -2.14. The number of halogens is 1. The average Bonchev–Trinajstić information content (AvgIpc) is 2.46. The number of amides is 1. The second kappa shape index (κ2) is 7.04. The third kappa shape index (κ3) is 4.16. The van der Waals surface area contributed by atoms with Crippen LogP contribution in [0.3, 0.4) is 0 Å². The molecule has 0 aliphatic carbocycles. The zero-order valence-corrected chi connectivity index (χ0v) is 12.7. The number of hydrogen-bond donors (Lipinski definition) is 2. The molecule has 0 aliphatic heterocycles. The van der Waals surface area contributed by atoms with Gasteiger partial charge in [0.1, 0.15) is 5.82 Å². The van der Waals surface area contributed by atoms with E-state index in [1.165, 1.54) is 6.20 Å². The van der Waals surface area contributed by atoms with Crippen molar-refractivity contribution >= 4 is 29.0 Å². The van der Waals surface area contributed by atoms with Crippen LogP contribution in [0, 0.1) is 6.92 Å². The standard InChI is InChI=1S/C15H17ClN4O/c1-3-5-18-14-8-12(13(16)9-19-14)15(21)20-11-4-6-17-10(2)7-11/h4,6-9H,3,5H2,1-2H3,(H,18,19)(H,17,20,21). The first-order valence-electron chi connectivity index (χ1n) is 6.73. The van der Waals surface area contributed by atoms with Gasteiger partial charge in [0.25, 0.3) is 5.91 Å². The van der Waals surface area contributed by atoms with E-state index in [-0.39, 0.29) is 5.91 Å². The van der Waals surface area contributed by atoms with Crippen LogP contribution in [-0.4, -0.2) is 22.4 Å². The van der Waals surface area contributed by atoms with Gasteiger partial charge in [-0.1, -0.05) is 18.5 Å². The van der Waals surface area contributed by atoms with Crippen molar-refractivity contribution in [1.82, 2.24) is 9.97 Å². The van der Waals surface area contributed by atoms with Crippen LogP contribution in [0.5, 0.6) is 0 Å². The van der Waals surface area contributed by atoms with Crippen molar-refractivity contribution in [1.29, 1.82) is 0 Å². The lowest BCUT2D eigenvalue weighted by Gasteiger charge is -2.09. The van der Waals surface area contributed by atoms with Gasteiger partial charge >= 0.3 is 0 Å².